The Bertz CT molecular complexity index is 1390. The van der Waals surface area contributed by atoms with E-state index in [-0.39, 0.29) is 17.9 Å². The highest BCUT2D eigenvalue weighted by molar-refractivity contribution is 7.86. The molecule has 4 nitrogen and oxygen atoms in total. The van der Waals surface area contributed by atoms with Crippen molar-refractivity contribution in [2.24, 2.45) is 0 Å². The number of halogens is 2. The van der Waals surface area contributed by atoms with E-state index in [1.54, 1.807) is 6.92 Å². The minimum atomic E-state index is -3.50. The van der Waals surface area contributed by atoms with Crippen LogP contribution in [-0.4, -0.2) is 32.0 Å². The number of hydrogen-bond acceptors (Lipinski definition) is 4. The second kappa shape index (κ2) is 15.4. The van der Waals surface area contributed by atoms with Crippen LogP contribution in [0, 0.1) is 0 Å². The third-order valence-corrected chi connectivity index (χ3v) is 7.83. The second-order valence-corrected chi connectivity index (χ2v) is 12.4. The molecule has 0 aliphatic heterocycles. The van der Waals surface area contributed by atoms with E-state index in [0.717, 1.165) is 28.8 Å². The van der Waals surface area contributed by atoms with E-state index >= 15 is 0 Å². The predicted octanol–water partition coefficient (Wildman–Crippen LogP) is 8.08. The first kappa shape index (κ1) is 31.9. The SMILES string of the molecule is CC(O)C(Cc1ccc(Cl)cc1)c1ccccc1.CC(OS(C)(=O)=O)C(Cc1ccc(Cl)cc1)c1ccccc1. The Morgan fingerprint density at radius 2 is 1.02 bits per heavy atom. The zero-order chi connectivity index (χ0) is 29.1. The Balaban J connectivity index is 0.000000225. The van der Waals surface area contributed by atoms with Crippen LogP contribution in [0.2, 0.25) is 10.0 Å². The molecule has 0 heterocycles. The van der Waals surface area contributed by atoms with Crippen molar-refractivity contribution in [2.75, 3.05) is 6.26 Å². The fraction of sp³-hybridized carbons (Fsp3) is 0.273. The summed E-state index contributed by atoms with van der Waals surface area (Å²) in [6, 6.07) is 35.3. The molecule has 0 aromatic heterocycles. The Labute approximate surface area is 248 Å². The fourth-order valence-corrected chi connectivity index (χ4v) is 5.55. The zero-order valence-corrected chi connectivity index (χ0v) is 25.3. The van der Waals surface area contributed by atoms with Crippen LogP contribution in [0.5, 0.6) is 0 Å². The molecule has 0 bridgehead atoms. The van der Waals surface area contributed by atoms with Crippen LogP contribution in [0.4, 0.5) is 0 Å². The van der Waals surface area contributed by atoms with Crippen LogP contribution in [0.25, 0.3) is 0 Å². The summed E-state index contributed by atoms with van der Waals surface area (Å²) in [4.78, 5) is 0. The molecule has 0 fully saturated rings. The van der Waals surface area contributed by atoms with Crippen molar-refractivity contribution in [1.29, 1.82) is 0 Å². The fourth-order valence-electron chi connectivity index (χ4n) is 4.61. The average Bonchev–Trinajstić information content (AvgIpc) is 2.92. The Morgan fingerprint density at radius 1 is 0.650 bits per heavy atom. The molecule has 0 saturated carbocycles. The molecule has 0 aliphatic carbocycles. The van der Waals surface area contributed by atoms with Crippen molar-refractivity contribution in [3.8, 4) is 0 Å². The molecule has 40 heavy (non-hydrogen) atoms. The monoisotopic (exact) mass is 598 g/mol. The lowest BCUT2D eigenvalue weighted by Gasteiger charge is -2.24. The summed E-state index contributed by atoms with van der Waals surface area (Å²) in [6.45, 7) is 3.63. The zero-order valence-electron chi connectivity index (χ0n) is 23.0. The first-order chi connectivity index (χ1) is 19.0. The number of benzene rings is 4. The summed E-state index contributed by atoms with van der Waals surface area (Å²) >= 11 is 11.8. The van der Waals surface area contributed by atoms with Crippen LogP contribution >= 0.6 is 23.2 Å². The second-order valence-electron chi connectivity index (χ2n) is 9.94. The van der Waals surface area contributed by atoms with Crippen LogP contribution in [-0.2, 0) is 27.1 Å². The minimum Gasteiger partial charge on any atom is -0.393 e. The Morgan fingerprint density at radius 3 is 1.40 bits per heavy atom. The normalized spacial score (nSPS) is 14.3. The number of hydrogen-bond donors (Lipinski definition) is 1. The molecule has 212 valence electrons. The van der Waals surface area contributed by atoms with Gasteiger partial charge in [0.25, 0.3) is 10.1 Å². The molecule has 0 amide bonds. The van der Waals surface area contributed by atoms with Gasteiger partial charge in [0.2, 0.25) is 0 Å². The molecule has 4 unspecified atom stereocenters. The molecule has 0 saturated heterocycles. The molecular weight excluding hydrogens is 563 g/mol. The van der Waals surface area contributed by atoms with E-state index in [1.807, 2.05) is 104 Å². The largest absolute Gasteiger partial charge is 0.393 e. The van der Waals surface area contributed by atoms with Gasteiger partial charge in [-0.2, -0.15) is 8.42 Å². The standard InChI is InChI=1S/C17H19ClO3S.C16H17ClO/c1-13(21-22(2,19)20)17(15-6-4-3-5-7-15)12-14-8-10-16(18)11-9-14;1-12(18)16(14-5-3-2-4-6-14)11-13-7-9-15(17)10-8-13/h3-11,13,17H,12H2,1-2H3;2-10,12,16,18H,11H2,1H3. The van der Waals surface area contributed by atoms with Gasteiger partial charge in [0.1, 0.15) is 0 Å². The van der Waals surface area contributed by atoms with Crippen molar-refractivity contribution in [3.05, 3.63) is 141 Å². The minimum absolute atomic E-state index is 0.0582. The maximum Gasteiger partial charge on any atom is 0.264 e. The first-order valence-electron chi connectivity index (χ1n) is 13.2. The lowest BCUT2D eigenvalue weighted by Crippen LogP contribution is -2.24. The van der Waals surface area contributed by atoms with E-state index in [4.69, 9.17) is 27.4 Å². The molecule has 4 rings (SSSR count). The van der Waals surface area contributed by atoms with Crippen molar-refractivity contribution in [2.45, 2.75) is 50.7 Å². The number of rotatable bonds is 10. The van der Waals surface area contributed by atoms with Gasteiger partial charge in [-0.15, -0.1) is 0 Å². The highest BCUT2D eigenvalue weighted by Gasteiger charge is 2.24. The van der Waals surface area contributed by atoms with Gasteiger partial charge < -0.3 is 5.11 Å². The third-order valence-electron chi connectivity index (χ3n) is 6.67. The highest BCUT2D eigenvalue weighted by Crippen LogP contribution is 2.28. The van der Waals surface area contributed by atoms with Crippen LogP contribution < -0.4 is 0 Å². The van der Waals surface area contributed by atoms with Gasteiger partial charge in [0, 0.05) is 21.9 Å². The van der Waals surface area contributed by atoms with Gasteiger partial charge in [0.15, 0.2) is 0 Å². The van der Waals surface area contributed by atoms with E-state index in [9.17, 15) is 13.5 Å². The molecule has 1 N–H and O–H groups in total. The molecule has 0 spiro atoms. The maximum atomic E-state index is 11.4. The summed E-state index contributed by atoms with van der Waals surface area (Å²) in [7, 11) is -3.50. The molecule has 7 heteroatoms. The first-order valence-corrected chi connectivity index (χ1v) is 15.7. The lowest BCUT2D eigenvalue weighted by molar-refractivity contribution is 0.161. The smallest absolute Gasteiger partial charge is 0.264 e. The average molecular weight is 600 g/mol. The van der Waals surface area contributed by atoms with E-state index in [0.29, 0.717) is 11.4 Å². The molecule has 4 aromatic rings. The molecular formula is C33H36Cl2O4S. The summed E-state index contributed by atoms with van der Waals surface area (Å²) in [5, 5.41) is 11.4. The summed E-state index contributed by atoms with van der Waals surface area (Å²) in [5.41, 5.74) is 4.49. The Kier molecular flexibility index (Phi) is 12.2. The summed E-state index contributed by atoms with van der Waals surface area (Å²) in [6.07, 6.45) is 1.75. The van der Waals surface area contributed by atoms with E-state index in [1.165, 1.54) is 11.1 Å². The van der Waals surface area contributed by atoms with E-state index in [2.05, 4.69) is 12.1 Å². The number of aliphatic hydroxyl groups is 1. The topological polar surface area (TPSA) is 63.6 Å². The highest BCUT2D eigenvalue weighted by atomic mass is 35.5. The molecule has 0 radical (unpaired) electrons. The van der Waals surface area contributed by atoms with Crippen LogP contribution in [0.1, 0.15) is 47.9 Å². The molecule has 0 aliphatic rings. The van der Waals surface area contributed by atoms with Gasteiger partial charge >= 0.3 is 0 Å². The van der Waals surface area contributed by atoms with Crippen molar-refractivity contribution in [1.82, 2.24) is 0 Å². The van der Waals surface area contributed by atoms with Crippen LogP contribution in [0.15, 0.2) is 109 Å². The van der Waals surface area contributed by atoms with Gasteiger partial charge in [-0.25, -0.2) is 0 Å². The predicted molar refractivity (Wildman–Crippen MR) is 166 cm³/mol. The van der Waals surface area contributed by atoms with Gasteiger partial charge in [-0.3, -0.25) is 4.18 Å². The lowest BCUT2D eigenvalue weighted by atomic mass is 9.88. The third kappa shape index (κ3) is 10.7. The molecule has 4 atom stereocenters. The van der Waals surface area contributed by atoms with Gasteiger partial charge in [0.05, 0.1) is 18.5 Å². The van der Waals surface area contributed by atoms with Crippen molar-refractivity contribution in [3.63, 3.8) is 0 Å². The van der Waals surface area contributed by atoms with Crippen LogP contribution in [0.3, 0.4) is 0 Å². The van der Waals surface area contributed by atoms with Crippen molar-refractivity contribution >= 4 is 33.3 Å². The summed E-state index contributed by atoms with van der Waals surface area (Å²) in [5.74, 6) is 0.0597. The van der Waals surface area contributed by atoms with Crippen molar-refractivity contribution < 1.29 is 17.7 Å². The summed E-state index contributed by atoms with van der Waals surface area (Å²) < 4.78 is 28.1. The van der Waals surface area contributed by atoms with E-state index < -0.39 is 16.2 Å². The Hall–Kier alpha value is -2.67. The van der Waals surface area contributed by atoms with Gasteiger partial charge in [-0.1, -0.05) is 108 Å². The maximum absolute atomic E-state index is 11.4. The quantitative estimate of drug-likeness (QED) is 0.187. The molecule has 4 aromatic carbocycles. The van der Waals surface area contributed by atoms with Gasteiger partial charge in [-0.05, 0) is 73.2 Å². The number of aliphatic hydroxyl groups excluding tert-OH is 1.